The number of hydrogen-bond acceptors (Lipinski definition) is 3. The molecular formula is C8H7N3S. The van der Waals surface area contributed by atoms with E-state index in [9.17, 15) is 0 Å². The molecule has 12 heavy (non-hydrogen) atoms. The van der Waals surface area contributed by atoms with E-state index in [0.717, 1.165) is 10.7 Å². The van der Waals surface area contributed by atoms with E-state index in [0.29, 0.717) is 5.69 Å². The molecule has 0 unspecified atom stereocenters. The third-order valence-electron chi connectivity index (χ3n) is 1.72. The summed E-state index contributed by atoms with van der Waals surface area (Å²) in [6.07, 6.45) is 1.94. The fourth-order valence-electron chi connectivity index (χ4n) is 1.20. The second-order valence-corrected chi connectivity index (χ2v) is 3.87. The molecule has 0 N–H and O–H groups in total. The fourth-order valence-corrected chi connectivity index (χ4v) is 2.07. The summed E-state index contributed by atoms with van der Waals surface area (Å²) >= 11 is 1.60. The highest BCUT2D eigenvalue weighted by Gasteiger charge is 2.09. The molecule has 0 saturated carbocycles. The maximum Gasteiger partial charge on any atom is 0.195 e. The van der Waals surface area contributed by atoms with Crippen LogP contribution >= 0.6 is 11.3 Å². The van der Waals surface area contributed by atoms with Crippen molar-refractivity contribution in [2.45, 2.75) is 13.8 Å². The molecule has 0 spiro atoms. The van der Waals surface area contributed by atoms with Gasteiger partial charge in [-0.15, -0.1) is 11.3 Å². The highest BCUT2D eigenvalue weighted by molar-refractivity contribution is 7.17. The second kappa shape index (κ2) is 2.32. The molecule has 0 amide bonds. The van der Waals surface area contributed by atoms with Crippen LogP contribution < -0.4 is 0 Å². The summed E-state index contributed by atoms with van der Waals surface area (Å²) in [7, 11) is 0. The maximum absolute atomic E-state index is 8.81. The molecule has 2 heterocycles. The van der Waals surface area contributed by atoms with Gasteiger partial charge in [0.05, 0.1) is 5.69 Å². The van der Waals surface area contributed by atoms with Gasteiger partial charge in [0.25, 0.3) is 0 Å². The summed E-state index contributed by atoms with van der Waals surface area (Å²) in [4.78, 5) is 6.34. The van der Waals surface area contributed by atoms with Gasteiger partial charge in [0.2, 0.25) is 0 Å². The first-order valence-electron chi connectivity index (χ1n) is 3.57. The Morgan fingerprint density at radius 2 is 2.33 bits per heavy atom. The lowest BCUT2D eigenvalue weighted by atomic mass is 10.4. The van der Waals surface area contributed by atoms with Crippen molar-refractivity contribution in [2.24, 2.45) is 0 Å². The first-order valence-corrected chi connectivity index (χ1v) is 4.39. The van der Waals surface area contributed by atoms with Crippen LogP contribution in [0.2, 0.25) is 0 Å². The zero-order valence-corrected chi connectivity index (χ0v) is 7.64. The minimum Gasteiger partial charge on any atom is -0.281 e. The van der Waals surface area contributed by atoms with E-state index in [2.05, 4.69) is 11.1 Å². The Morgan fingerprint density at radius 3 is 3.00 bits per heavy atom. The highest BCUT2D eigenvalue weighted by Crippen LogP contribution is 2.19. The number of thiazole rings is 1. The molecule has 0 aromatic carbocycles. The number of hydrogen-bond donors (Lipinski definition) is 0. The number of fused-ring (bicyclic) bond motifs is 1. The molecule has 0 aliphatic heterocycles. The lowest BCUT2D eigenvalue weighted by molar-refractivity contribution is 1.16. The summed E-state index contributed by atoms with van der Waals surface area (Å²) in [6.45, 7) is 3.86. The van der Waals surface area contributed by atoms with Crippen LogP contribution in [0.25, 0.3) is 4.96 Å². The third-order valence-corrected chi connectivity index (χ3v) is 2.62. The van der Waals surface area contributed by atoms with E-state index in [1.807, 2.05) is 24.4 Å². The molecule has 0 aliphatic rings. The summed E-state index contributed by atoms with van der Waals surface area (Å²) in [5.74, 6) is 0. The number of aryl methyl sites for hydroxylation is 2. The van der Waals surface area contributed by atoms with Crippen molar-refractivity contribution >= 4 is 16.3 Å². The number of nitrogens with zero attached hydrogens (tertiary/aromatic N) is 3. The summed E-state index contributed by atoms with van der Waals surface area (Å²) in [6, 6.07) is 2.14. The molecule has 0 bridgehead atoms. The van der Waals surface area contributed by atoms with Crippen LogP contribution in [0.15, 0.2) is 6.20 Å². The standard InChI is InChI=1S/C8H7N3S/c1-5-4-11-7(3-9)6(2)10-8(11)12-5/h4H,1-2H3. The van der Waals surface area contributed by atoms with Crippen LogP contribution in [0.5, 0.6) is 0 Å². The highest BCUT2D eigenvalue weighted by atomic mass is 32.1. The van der Waals surface area contributed by atoms with Gasteiger partial charge in [-0.25, -0.2) is 4.98 Å². The number of rotatable bonds is 0. The Labute approximate surface area is 73.9 Å². The van der Waals surface area contributed by atoms with Gasteiger partial charge in [0, 0.05) is 11.1 Å². The molecule has 0 radical (unpaired) electrons. The molecule has 0 atom stereocenters. The molecular weight excluding hydrogens is 170 g/mol. The van der Waals surface area contributed by atoms with E-state index >= 15 is 0 Å². The Hall–Kier alpha value is -1.34. The van der Waals surface area contributed by atoms with Gasteiger partial charge in [-0.1, -0.05) is 0 Å². The normalized spacial score (nSPS) is 10.4. The smallest absolute Gasteiger partial charge is 0.195 e. The summed E-state index contributed by atoms with van der Waals surface area (Å²) < 4.78 is 1.84. The largest absolute Gasteiger partial charge is 0.281 e. The minimum absolute atomic E-state index is 0.648. The van der Waals surface area contributed by atoms with Crippen LogP contribution in [0.1, 0.15) is 16.3 Å². The van der Waals surface area contributed by atoms with E-state index in [-0.39, 0.29) is 0 Å². The predicted octanol–water partition coefficient (Wildman–Crippen LogP) is 1.88. The fraction of sp³-hybridized carbons (Fsp3) is 0.250. The van der Waals surface area contributed by atoms with Crippen molar-refractivity contribution in [3.05, 3.63) is 22.5 Å². The van der Waals surface area contributed by atoms with Crippen molar-refractivity contribution in [3.8, 4) is 6.07 Å². The van der Waals surface area contributed by atoms with Crippen LogP contribution in [0.3, 0.4) is 0 Å². The third kappa shape index (κ3) is 0.836. The van der Waals surface area contributed by atoms with Crippen LogP contribution in [0, 0.1) is 25.2 Å². The van der Waals surface area contributed by atoms with Crippen LogP contribution in [0.4, 0.5) is 0 Å². The van der Waals surface area contributed by atoms with Crippen LogP contribution in [-0.2, 0) is 0 Å². The molecule has 2 aromatic heterocycles. The number of aromatic nitrogens is 2. The van der Waals surface area contributed by atoms with Gasteiger partial charge >= 0.3 is 0 Å². The van der Waals surface area contributed by atoms with E-state index in [1.165, 1.54) is 4.88 Å². The van der Waals surface area contributed by atoms with E-state index in [1.54, 1.807) is 11.3 Å². The lowest BCUT2D eigenvalue weighted by Gasteiger charge is -1.84. The van der Waals surface area contributed by atoms with Gasteiger partial charge < -0.3 is 0 Å². The Kier molecular flexibility index (Phi) is 1.42. The Morgan fingerprint density at radius 1 is 1.58 bits per heavy atom. The van der Waals surface area contributed by atoms with Gasteiger partial charge in [0.1, 0.15) is 11.8 Å². The molecule has 3 nitrogen and oxygen atoms in total. The zero-order chi connectivity index (χ0) is 8.72. The minimum atomic E-state index is 0.648. The van der Waals surface area contributed by atoms with Crippen molar-refractivity contribution in [1.82, 2.24) is 9.38 Å². The van der Waals surface area contributed by atoms with Crippen LogP contribution in [-0.4, -0.2) is 9.38 Å². The second-order valence-electron chi connectivity index (χ2n) is 2.65. The van der Waals surface area contributed by atoms with Gasteiger partial charge in [-0.2, -0.15) is 5.26 Å². The monoisotopic (exact) mass is 177 g/mol. The van der Waals surface area contributed by atoms with E-state index in [4.69, 9.17) is 5.26 Å². The van der Waals surface area contributed by atoms with Gasteiger partial charge in [-0.3, -0.25) is 4.40 Å². The molecule has 4 heteroatoms. The number of nitriles is 1. The Bertz CT molecular complexity index is 472. The first kappa shape index (κ1) is 7.32. The average molecular weight is 177 g/mol. The first-order chi connectivity index (χ1) is 5.72. The topological polar surface area (TPSA) is 41.1 Å². The SMILES string of the molecule is Cc1cn2c(C#N)c(C)nc2s1. The summed E-state index contributed by atoms with van der Waals surface area (Å²) in [5.41, 5.74) is 1.46. The number of imidazole rings is 1. The van der Waals surface area contributed by atoms with E-state index < -0.39 is 0 Å². The van der Waals surface area contributed by atoms with Crippen molar-refractivity contribution < 1.29 is 0 Å². The molecule has 0 aliphatic carbocycles. The predicted molar refractivity (Wildman–Crippen MR) is 47.3 cm³/mol. The quantitative estimate of drug-likeness (QED) is 0.616. The maximum atomic E-state index is 8.81. The van der Waals surface area contributed by atoms with Crippen molar-refractivity contribution in [2.75, 3.05) is 0 Å². The zero-order valence-electron chi connectivity index (χ0n) is 6.83. The van der Waals surface area contributed by atoms with Gasteiger partial charge in [-0.05, 0) is 13.8 Å². The molecule has 0 saturated heterocycles. The molecule has 0 fully saturated rings. The lowest BCUT2D eigenvalue weighted by Crippen LogP contribution is -1.83. The summed E-state index contributed by atoms with van der Waals surface area (Å²) in [5, 5.41) is 8.81. The molecule has 2 aromatic rings. The average Bonchev–Trinajstić information content (AvgIpc) is 2.43. The van der Waals surface area contributed by atoms with Crippen molar-refractivity contribution in [3.63, 3.8) is 0 Å². The van der Waals surface area contributed by atoms with Crippen molar-refractivity contribution in [1.29, 1.82) is 5.26 Å². The van der Waals surface area contributed by atoms with Gasteiger partial charge in [0.15, 0.2) is 4.96 Å². The molecule has 60 valence electrons. The Balaban J connectivity index is 2.89. The molecule has 2 rings (SSSR count).